The molecule has 4 fully saturated rings. The summed E-state index contributed by atoms with van der Waals surface area (Å²) in [5.74, 6) is -2.86. The Bertz CT molecular complexity index is 1320. The first-order valence-corrected chi connectivity index (χ1v) is 13.9. The molecule has 2 aromatic carbocycles. The Labute approximate surface area is 207 Å². The lowest BCUT2D eigenvalue weighted by Gasteiger charge is -2.42. The number of carbonyl (C=O) groups excluding carboxylic acids is 1. The zero-order valence-corrected chi connectivity index (χ0v) is 20.3. The zero-order valence-electron chi connectivity index (χ0n) is 19.5. The summed E-state index contributed by atoms with van der Waals surface area (Å²) in [6.45, 7) is 0. The van der Waals surface area contributed by atoms with Crippen LogP contribution in [0.15, 0.2) is 36.4 Å². The first-order valence-electron chi connectivity index (χ1n) is 12.4. The van der Waals surface area contributed by atoms with Crippen molar-refractivity contribution in [1.29, 1.82) is 0 Å². The first kappa shape index (κ1) is 23.9. The Balaban J connectivity index is 1.35. The fourth-order valence-corrected chi connectivity index (χ4v) is 7.49. The van der Waals surface area contributed by atoms with Gasteiger partial charge in [0, 0.05) is 23.7 Å². The van der Waals surface area contributed by atoms with Gasteiger partial charge >= 0.3 is 0 Å². The van der Waals surface area contributed by atoms with Crippen LogP contribution in [-0.4, -0.2) is 53.3 Å². The summed E-state index contributed by atoms with van der Waals surface area (Å²) in [5, 5.41) is 10.4. The van der Waals surface area contributed by atoms with E-state index >= 15 is 4.39 Å². The number of hydrogen-bond acceptors (Lipinski definition) is 4. The molecule has 0 unspecified atom stereocenters. The van der Waals surface area contributed by atoms with Crippen LogP contribution in [0.5, 0.6) is 0 Å². The molecule has 4 aliphatic rings. The van der Waals surface area contributed by atoms with E-state index < -0.39 is 56.3 Å². The van der Waals surface area contributed by atoms with E-state index in [0.29, 0.717) is 38.2 Å². The van der Waals surface area contributed by atoms with E-state index in [9.17, 15) is 27.1 Å². The molecule has 0 spiro atoms. The molecule has 2 aromatic rings. The summed E-state index contributed by atoms with van der Waals surface area (Å²) in [6.07, 6.45) is 3.23. The number of benzene rings is 2. The van der Waals surface area contributed by atoms with Crippen LogP contribution in [-0.2, 0) is 21.2 Å². The van der Waals surface area contributed by atoms with Gasteiger partial charge in [-0.15, -0.1) is 0 Å². The average Bonchev–Trinajstić information content (AvgIpc) is 3.70. The molecule has 1 heterocycles. The predicted octanol–water partition coefficient (Wildman–Crippen LogP) is 3.28. The van der Waals surface area contributed by atoms with Gasteiger partial charge in [0.25, 0.3) is 5.91 Å². The fraction of sp³-hybridized carbons (Fsp3) is 0.500. The second kappa shape index (κ2) is 8.29. The van der Waals surface area contributed by atoms with Crippen molar-refractivity contribution in [2.24, 2.45) is 5.92 Å². The van der Waals surface area contributed by atoms with Gasteiger partial charge in [-0.05, 0) is 74.1 Å². The van der Waals surface area contributed by atoms with Crippen LogP contribution in [0.4, 0.5) is 13.2 Å². The number of amides is 1. The number of carbonyl (C=O) groups is 1. The second-order valence-electron chi connectivity index (χ2n) is 10.7. The van der Waals surface area contributed by atoms with Crippen molar-refractivity contribution in [3.8, 4) is 11.1 Å². The lowest BCUT2D eigenvalue weighted by atomic mass is 9.78. The molecule has 4 atom stereocenters. The number of hydrogen-bond donors (Lipinski definition) is 2. The van der Waals surface area contributed by atoms with E-state index in [0.717, 1.165) is 18.6 Å². The van der Waals surface area contributed by atoms with Crippen LogP contribution >= 0.6 is 0 Å². The fourth-order valence-electron chi connectivity index (χ4n) is 5.83. The molecule has 1 amide bonds. The second-order valence-corrected chi connectivity index (χ2v) is 12.7. The van der Waals surface area contributed by atoms with Crippen molar-refractivity contribution in [1.82, 2.24) is 9.62 Å². The Morgan fingerprint density at radius 1 is 1.11 bits per heavy atom. The average molecular weight is 521 g/mol. The Kier molecular flexibility index (Phi) is 5.51. The maximum atomic E-state index is 15.7. The lowest BCUT2D eigenvalue weighted by Crippen LogP contribution is -2.59. The smallest absolute Gasteiger partial charge is 0.255 e. The molecule has 6 rings (SSSR count). The zero-order chi connectivity index (χ0) is 25.4. The number of nitrogens with zero attached hydrogens (tertiary/aromatic N) is 1. The molecular weight excluding hydrogens is 493 g/mol. The highest BCUT2D eigenvalue weighted by Crippen LogP contribution is 2.51. The van der Waals surface area contributed by atoms with Gasteiger partial charge in [-0.25, -0.2) is 26.3 Å². The van der Waals surface area contributed by atoms with Gasteiger partial charge in [0.2, 0.25) is 10.0 Å². The van der Waals surface area contributed by atoms with E-state index in [1.807, 2.05) is 0 Å². The first-order chi connectivity index (χ1) is 17.1. The third-order valence-electron chi connectivity index (χ3n) is 8.15. The molecule has 1 saturated heterocycles. The number of aliphatic hydroxyl groups is 1. The molecule has 1 aliphatic heterocycles. The largest absolute Gasteiger partial charge is 0.380 e. The van der Waals surface area contributed by atoms with E-state index in [2.05, 4.69) is 4.72 Å². The molecule has 0 bridgehead atoms. The normalized spacial score (nSPS) is 28.5. The molecule has 0 radical (unpaired) electrons. The molecule has 6 nitrogen and oxygen atoms in total. The van der Waals surface area contributed by atoms with Crippen LogP contribution < -0.4 is 4.72 Å². The molecule has 192 valence electrons. The standard InChI is InChI=1S/C26H27F3N2O4S/c27-16-9-15(10-17(28)12-16)19-4-1-3-14(23(19)29)11-22-24(30-36(34,35)18-5-6-18)20-13-21(20)31(22)25(32)26(33)7-2-8-26/h1,3-4,9-10,12,18,20-22,24,30,33H,2,5-8,11,13H2/t20-,21+,22+,24+/m0/s1. The van der Waals surface area contributed by atoms with Gasteiger partial charge < -0.3 is 10.0 Å². The van der Waals surface area contributed by atoms with Gasteiger partial charge in [-0.3, -0.25) is 4.79 Å². The van der Waals surface area contributed by atoms with Gasteiger partial charge in [0.1, 0.15) is 23.1 Å². The lowest BCUT2D eigenvalue weighted by molar-refractivity contribution is -0.162. The van der Waals surface area contributed by atoms with Crippen molar-refractivity contribution < 1.29 is 31.5 Å². The summed E-state index contributed by atoms with van der Waals surface area (Å²) < 4.78 is 71.7. The number of likely N-dealkylation sites (tertiary alicyclic amines) is 1. The van der Waals surface area contributed by atoms with Crippen LogP contribution in [0.2, 0.25) is 0 Å². The van der Waals surface area contributed by atoms with E-state index in [4.69, 9.17) is 0 Å². The molecule has 36 heavy (non-hydrogen) atoms. The van der Waals surface area contributed by atoms with Crippen molar-refractivity contribution in [2.75, 3.05) is 0 Å². The Morgan fingerprint density at radius 2 is 1.81 bits per heavy atom. The summed E-state index contributed by atoms with van der Waals surface area (Å²) in [4.78, 5) is 15.0. The molecule has 3 saturated carbocycles. The maximum Gasteiger partial charge on any atom is 0.255 e. The highest BCUT2D eigenvalue weighted by atomic mass is 32.2. The van der Waals surface area contributed by atoms with Gasteiger partial charge in [0.15, 0.2) is 0 Å². The maximum absolute atomic E-state index is 15.7. The summed E-state index contributed by atoms with van der Waals surface area (Å²) in [5.41, 5.74) is -1.20. The highest BCUT2D eigenvalue weighted by Gasteiger charge is 2.64. The van der Waals surface area contributed by atoms with Gasteiger partial charge in [-0.1, -0.05) is 18.2 Å². The molecule has 2 N–H and O–H groups in total. The number of nitrogens with one attached hydrogen (secondary N) is 1. The highest BCUT2D eigenvalue weighted by molar-refractivity contribution is 7.90. The molecular formula is C26H27F3N2O4S. The summed E-state index contributed by atoms with van der Waals surface area (Å²) in [7, 11) is -3.58. The monoisotopic (exact) mass is 520 g/mol. The van der Waals surface area contributed by atoms with Crippen molar-refractivity contribution in [3.63, 3.8) is 0 Å². The van der Waals surface area contributed by atoms with Crippen LogP contribution in [0.25, 0.3) is 11.1 Å². The minimum Gasteiger partial charge on any atom is -0.380 e. The summed E-state index contributed by atoms with van der Waals surface area (Å²) in [6, 6.07) is 5.84. The molecule has 3 aliphatic carbocycles. The van der Waals surface area contributed by atoms with Gasteiger partial charge in [0.05, 0.1) is 11.3 Å². The van der Waals surface area contributed by atoms with Crippen molar-refractivity contribution in [2.45, 2.75) is 73.9 Å². The minimum absolute atomic E-state index is 0.00411. The third-order valence-corrected chi connectivity index (χ3v) is 10.1. The minimum atomic E-state index is -3.58. The van der Waals surface area contributed by atoms with Gasteiger partial charge in [-0.2, -0.15) is 0 Å². The number of rotatable bonds is 7. The van der Waals surface area contributed by atoms with Crippen LogP contribution in [0, 0.1) is 23.4 Å². The SMILES string of the molecule is O=C(N1[C@@H]2C[C@@H]2[C@@H](NS(=O)(=O)C2CC2)[C@H]1Cc1cccc(-c2cc(F)cc(F)c2)c1F)C1(O)CCC1. The molecule has 0 aromatic heterocycles. The third kappa shape index (κ3) is 4.03. The number of sulfonamides is 1. The van der Waals surface area contributed by atoms with E-state index in [-0.39, 0.29) is 35.1 Å². The topological polar surface area (TPSA) is 86.7 Å². The van der Waals surface area contributed by atoms with Crippen LogP contribution in [0.1, 0.15) is 44.1 Å². The van der Waals surface area contributed by atoms with Crippen molar-refractivity contribution >= 4 is 15.9 Å². The Hall–Kier alpha value is -2.43. The van der Waals surface area contributed by atoms with E-state index in [1.165, 1.54) is 12.1 Å². The summed E-state index contributed by atoms with van der Waals surface area (Å²) >= 11 is 0. The number of halogens is 3. The number of fused-ring (bicyclic) bond motifs is 1. The van der Waals surface area contributed by atoms with E-state index in [1.54, 1.807) is 11.0 Å². The number of piperidine rings is 1. The van der Waals surface area contributed by atoms with Crippen molar-refractivity contribution in [3.05, 3.63) is 59.4 Å². The Morgan fingerprint density at radius 3 is 2.42 bits per heavy atom. The molecule has 10 heteroatoms. The quantitative estimate of drug-likeness (QED) is 0.587. The predicted molar refractivity (Wildman–Crippen MR) is 126 cm³/mol. The van der Waals surface area contributed by atoms with Crippen LogP contribution in [0.3, 0.4) is 0 Å².